The third-order valence-corrected chi connectivity index (χ3v) is 7.95. The van der Waals surface area contributed by atoms with Crippen LogP contribution in [0.5, 0.6) is 23.0 Å². The summed E-state index contributed by atoms with van der Waals surface area (Å²) in [5.74, 6) is 1.76. The van der Waals surface area contributed by atoms with Crippen molar-refractivity contribution in [2.45, 2.75) is 110 Å². The van der Waals surface area contributed by atoms with Gasteiger partial charge in [-0.05, 0) is 109 Å². The number of fused-ring (bicyclic) bond motifs is 2. The molecule has 1 amide bonds. The molecule has 0 spiro atoms. The van der Waals surface area contributed by atoms with E-state index in [1.54, 1.807) is 20.8 Å². The first-order valence-electron chi connectivity index (χ1n) is 17.5. The van der Waals surface area contributed by atoms with Gasteiger partial charge in [0.05, 0.1) is 37.6 Å². The lowest BCUT2D eigenvalue weighted by molar-refractivity contribution is 0.0418. The van der Waals surface area contributed by atoms with Crippen molar-refractivity contribution in [1.29, 1.82) is 0 Å². The van der Waals surface area contributed by atoms with Crippen LogP contribution in [0, 0.1) is 11.6 Å². The minimum absolute atomic E-state index is 0.00745. The molecule has 0 unspecified atom stereocenters. The first-order chi connectivity index (χ1) is 24.1. The maximum atomic E-state index is 13.8. The lowest BCUT2D eigenvalue weighted by Crippen LogP contribution is -2.50. The number of alkyl carbamates (subject to hydrolysis) is 1. The molecule has 280 valence electrons. The van der Waals surface area contributed by atoms with Gasteiger partial charge in [-0.25, -0.2) is 13.6 Å². The number of hydrogen-bond donors (Lipinski definition) is 4. The van der Waals surface area contributed by atoms with Gasteiger partial charge < -0.3 is 45.2 Å². The van der Waals surface area contributed by atoms with Crippen molar-refractivity contribution in [3.05, 3.63) is 82.9 Å². The molecule has 3 aromatic rings. The molecule has 0 aromatic heterocycles. The number of hydrogen-bond acceptors (Lipinski definition) is 9. The summed E-state index contributed by atoms with van der Waals surface area (Å²) in [6.45, 7) is 14.4. The van der Waals surface area contributed by atoms with E-state index >= 15 is 0 Å². The van der Waals surface area contributed by atoms with Crippen molar-refractivity contribution in [2.75, 3.05) is 19.8 Å². The van der Waals surface area contributed by atoms with Crippen molar-refractivity contribution < 1.29 is 42.4 Å². The molecule has 51 heavy (non-hydrogen) atoms. The fourth-order valence-electron chi connectivity index (χ4n) is 5.80. The zero-order valence-electron chi connectivity index (χ0n) is 30.6. The molecule has 0 saturated heterocycles. The van der Waals surface area contributed by atoms with Crippen molar-refractivity contribution in [3.8, 4) is 23.0 Å². The van der Waals surface area contributed by atoms with Gasteiger partial charge >= 0.3 is 6.09 Å². The lowest BCUT2D eigenvalue weighted by atomic mass is 9.98. The second kappa shape index (κ2) is 17.9. The van der Waals surface area contributed by atoms with Crippen LogP contribution in [-0.2, 0) is 11.2 Å². The smallest absolute Gasteiger partial charge is 0.407 e. The second-order valence-electron chi connectivity index (χ2n) is 14.4. The molecular weight excluding hydrogens is 660 g/mol. The van der Waals surface area contributed by atoms with E-state index in [0.717, 1.165) is 46.6 Å². The number of aliphatic hydroxyl groups excluding tert-OH is 1. The Balaban J connectivity index is 0.000000322. The molecular formula is C39H53F2N3O7. The van der Waals surface area contributed by atoms with Crippen LogP contribution in [0.2, 0.25) is 0 Å². The van der Waals surface area contributed by atoms with E-state index in [1.165, 1.54) is 12.1 Å². The maximum absolute atomic E-state index is 13.8. The molecule has 0 saturated carbocycles. The summed E-state index contributed by atoms with van der Waals surface area (Å²) in [6.07, 6.45) is -0.0482. The van der Waals surface area contributed by atoms with Crippen LogP contribution in [0.4, 0.5) is 13.6 Å². The van der Waals surface area contributed by atoms with Crippen LogP contribution in [0.3, 0.4) is 0 Å². The van der Waals surface area contributed by atoms with Gasteiger partial charge in [0.25, 0.3) is 0 Å². The van der Waals surface area contributed by atoms with Gasteiger partial charge in [-0.2, -0.15) is 0 Å². The van der Waals surface area contributed by atoms with Crippen molar-refractivity contribution in [1.82, 2.24) is 10.6 Å². The number of halogens is 2. The molecule has 2 aliphatic rings. The predicted octanol–water partition coefficient (Wildman–Crippen LogP) is 6.92. The number of ether oxygens (including phenoxy) is 5. The third-order valence-electron chi connectivity index (χ3n) is 7.95. The quantitative estimate of drug-likeness (QED) is 0.167. The van der Waals surface area contributed by atoms with Gasteiger partial charge in [0.15, 0.2) is 0 Å². The number of carbonyl (C=O) groups is 1. The average Bonchev–Trinajstić information content (AvgIpc) is 3.02. The van der Waals surface area contributed by atoms with E-state index in [9.17, 15) is 18.7 Å². The number of amides is 1. The summed E-state index contributed by atoms with van der Waals surface area (Å²) in [4.78, 5) is 12.4. The standard InChI is InChI=1S/C27H36F2N2O5.C12H17NO2/c1-16(2)35-20-6-7-25-21(14-20)22(8-9-34-25)30-15-24(32)23(31-26(33)36-27(3,4)5)12-17-10-18(28)13-19(29)11-17;1-8(2)15-9-3-4-12-10(7-9)11(13)5-6-14-12/h6-7,10-11,13-14,16,22-24,30,32H,8-9,12,15H2,1-5H3,(H,31,33);3-4,7-8,11H,5-6,13H2,1-2H3/t22-,23-,24+;11-/m00/s1. The van der Waals surface area contributed by atoms with Gasteiger partial charge in [-0.1, -0.05) is 0 Å². The van der Waals surface area contributed by atoms with Gasteiger partial charge in [0, 0.05) is 48.7 Å². The Morgan fingerprint density at radius 2 is 1.43 bits per heavy atom. The minimum atomic E-state index is -1.08. The predicted molar refractivity (Wildman–Crippen MR) is 192 cm³/mol. The lowest BCUT2D eigenvalue weighted by Gasteiger charge is -2.31. The van der Waals surface area contributed by atoms with Crippen LogP contribution in [0.1, 0.15) is 90.1 Å². The van der Waals surface area contributed by atoms with E-state index in [1.807, 2.05) is 64.1 Å². The molecule has 4 atom stereocenters. The van der Waals surface area contributed by atoms with Crippen LogP contribution in [-0.4, -0.2) is 60.9 Å². The molecule has 10 nitrogen and oxygen atoms in total. The number of benzene rings is 3. The minimum Gasteiger partial charge on any atom is -0.493 e. The van der Waals surface area contributed by atoms with Gasteiger partial charge in [-0.3, -0.25) is 0 Å². The van der Waals surface area contributed by atoms with E-state index in [4.69, 9.17) is 29.4 Å². The van der Waals surface area contributed by atoms with Gasteiger partial charge in [-0.15, -0.1) is 0 Å². The number of rotatable bonds is 11. The molecule has 0 aliphatic carbocycles. The third kappa shape index (κ3) is 12.6. The Kier molecular flexibility index (Phi) is 13.9. The summed E-state index contributed by atoms with van der Waals surface area (Å²) in [5, 5.41) is 17.0. The highest BCUT2D eigenvalue weighted by Crippen LogP contribution is 2.36. The number of nitrogens with two attached hydrogens (primary N) is 1. The molecule has 0 bridgehead atoms. The fourth-order valence-corrected chi connectivity index (χ4v) is 5.80. The number of carbonyl (C=O) groups excluding carboxylic acids is 1. The fraction of sp³-hybridized carbons (Fsp3) is 0.513. The van der Waals surface area contributed by atoms with Gasteiger partial charge in [0.1, 0.15) is 40.2 Å². The second-order valence-corrected chi connectivity index (χ2v) is 14.4. The molecule has 5 N–H and O–H groups in total. The van der Waals surface area contributed by atoms with Crippen LogP contribution in [0.15, 0.2) is 54.6 Å². The Bertz CT molecular complexity index is 1580. The van der Waals surface area contributed by atoms with E-state index in [0.29, 0.717) is 25.2 Å². The van der Waals surface area contributed by atoms with E-state index < -0.39 is 35.5 Å². The molecule has 0 fully saturated rings. The van der Waals surface area contributed by atoms with Crippen LogP contribution >= 0.6 is 0 Å². The number of aliphatic hydroxyl groups is 1. The first-order valence-corrected chi connectivity index (χ1v) is 17.5. The zero-order valence-corrected chi connectivity index (χ0v) is 30.6. The van der Waals surface area contributed by atoms with Crippen LogP contribution in [0.25, 0.3) is 0 Å². The highest BCUT2D eigenvalue weighted by molar-refractivity contribution is 5.68. The van der Waals surface area contributed by atoms with Crippen LogP contribution < -0.4 is 35.3 Å². The largest absolute Gasteiger partial charge is 0.493 e. The number of nitrogens with one attached hydrogen (secondary N) is 2. The summed E-state index contributed by atoms with van der Waals surface area (Å²) >= 11 is 0. The Hall–Kier alpha value is -4.13. The van der Waals surface area contributed by atoms with Crippen molar-refractivity contribution in [2.24, 2.45) is 5.73 Å². The van der Waals surface area contributed by atoms with E-state index in [2.05, 4.69) is 10.6 Å². The monoisotopic (exact) mass is 713 g/mol. The van der Waals surface area contributed by atoms with Gasteiger partial charge in [0.2, 0.25) is 0 Å². The maximum Gasteiger partial charge on any atom is 0.407 e. The highest BCUT2D eigenvalue weighted by Gasteiger charge is 2.28. The average molecular weight is 714 g/mol. The molecule has 3 aromatic carbocycles. The highest BCUT2D eigenvalue weighted by atomic mass is 19.1. The molecule has 0 radical (unpaired) electrons. The molecule has 2 aliphatic heterocycles. The van der Waals surface area contributed by atoms with Crippen molar-refractivity contribution in [3.63, 3.8) is 0 Å². The Labute approximate surface area is 299 Å². The Morgan fingerprint density at radius 3 is 2.00 bits per heavy atom. The molecule has 2 heterocycles. The summed E-state index contributed by atoms with van der Waals surface area (Å²) in [5.41, 5.74) is 7.54. The summed E-state index contributed by atoms with van der Waals surface area (Å²) in [6, 6.07) is 13.7. The topological polar surface area (TPSA) is 134 Å². The van der Waals surface area contributed by atoms with E-state index in [-0.39, 0.29) is 37.3 Å². The normalized spacial score (nSPS) is 17.8. The first kappa shape index (κ1) is 39.7. The SMILES string of the molecule is CC(C)Oc1ccc2c(c1)[C@@H](N)CCO2.CC(C)Oc1ccc2c(c1)[C@@H](NC[C@@H](O)[C@H](Cc1cc(F)cc(F)c1)NC(=O)OC(C)(C)C)CCO2. The zero-order chi connectivity index (χ0) is 37.3. The summed E-state index contributed by atoms with van der Waals surface area (Å²) < 4.78 is 55.6. The summed E-state index contributed by atoms with van der Waals surface area (Å²) in [7, 11) is 0. The molecule has 5 rings (SSSR count). The Morgan fingerprint density at radius 1 is 0.882 bits per heavy atom. The van der Waals surface area contributed by atoms with Crippen molar-refractivity contribution >= 4 is 6.09 Å². The molecule has 12 heteroatoms.